The third-order valence-corrected chi connectivity index (χ3v) is 6.57. The first-order chi connectivity index (χ1) is 13.9. The van der Waals surface area contributed by atoms with E-state index in [0.717, 1.165) is 82.5 Å². The number of nitriles is 1. The van der Waals surface area contributed by atoms with Crippen molar-refractivity contribution in [1.82, 2.24) is 4.72 Å². The fraction of sp³-hybridized carbons (Fsp3) is 0.391. The van der Waals surface area contributed by atoms with E-state index in [1.54, 1.807) is 13.8 Å². The average Bonchev–Trinajstić information content (AvgIpc) is 3.36. The van der Waals surface area contributed by atoms with Crippen molar-refractivity contribution in [3.63, 3.8) is 0 Å². The molecule has 4 rings (SSSR count). The molecule has 0 atom stereocenters. The maximum Gasteiger partial charge on any atom is 0.329 e. The zero-order chi connectivity index (χ0) is 20.6. The van der Waals surface area contributed by atoms with Crippen molar-refractivity contribution in [2.75, 3.05) is 5.32 Å². The molecular formula is C23H25N3O2S. The molecule has 0 aliphatic heterocycles. The number of fused-ring (bicyclic) bond motifs is 2. The average molecular weight is 408 g/mol. The van der Waals surface area contributed by atoms with Gasteiger partial charge in [0.2, 0.25) is 0 Å². The highest BCUT2D eigenvalue weighted by atomic mass is 32.2. The van der Waals surface area contributed by atoms with Gasteiger partial charge in [-0.1, -0.05) is 12.1 Å². The predicted octanol–water partition coefficient (Wildman–Crippen LogP) is 4.59. The molecule has 2 amide bonds. The van der Waals surface area contributed by atoms with Gasteiger partial charge in [0.15, 0.2) is 0 Å². The van der Waals surface area contributed by atoms with Crippen LogP contribution in [0.15, 0.2) is 29.2 Å². The monoisotopic (exact) mass is 407 g/mol. The molecule has 2 aliphatic rings. The molecule has 29 heavy (non-hydrogen) atoms. The minimum Gasteiger partial charge on any atom is -0.386 e. The van der Waals surface area contributed by atoms with E-state index < -0.39 is 5.60 Å². The Labute approximate surface area is 175 Å². The molecule has 0 radical (unpaired) electrons. The number of anilines is 1. The van der Waals surface area contributed by atoms with Gasteiger partial charge in [-0.2, -0.15) is 5.26 Å². The summed E-state index contributed by atoms with van der Waals surface area (Å²) in [4.78, 5) is 13.5. The molecule has 0 bridgehead atoms. The van der Waals surface area contributed by atoms with Crippen molar-refractivity contribution >= 4 is 23.7 Å². The quantitative estimate of drug-likeness (QED) is 0.647. The Hall–Kier alpha value is -2.49. The first-order valence-corrected chi connectivity index (χ1v) is 10.9. The van der Waals surface area contributed by atoms with Gasteiger partial charge in [-0.15, -0.1) is 0 Å². The van der Waals surface area contributed by atoms with Crippen LogP contribution in [-0.2, 0) is 31.3 Å². The van der Waals surface area contributed by atoms with Gasteiger partial charge in [-0.25, -0.2) is 4.79 Å². The number of nitrogens with one attached hydrogen (secondary N) is 2. The molecule has 2 aromatic rings. The van der Waals surface area contributed by atoms with Crippen molar-refractivity contribution in [3.05, 3.63) is 57.6 Å². The van der Waals surface area contributed by atoms with Crippen molar-refractivity contribution in [2.45, 2.75) is 62.9 Å². The topological polar surface area (TPSA) is 85.2 Å². The van der Waals surface area contributed by atoms with E-state index in [1.165, 1.54) is 11.9 Å². The van der Waals surface area contributed by atoms with Gasteiger partial charge in [0, 0.05) is 10.6 Å². The van der Waals surface area contributed by atoms with Crippen LogP contribution in [0.4, 0.5) is 10.5 Å². The van der Waals surface area contributed by atoms with Gasteiger partial charge >= 0.3 is 6.03 Å². The highest BCUT2D eigenvalue weighted by molar-refractivity contribution is 7.98. The van der Waals surface area contributed by atoms with Crippen LogP contribution in [0.3, 0.4) is 0 Å². The summed E-state index contributed by atoms with van der Waals surface area (Å²) >= 11 is 1.23. The number of hydrogen-bond acceptors (Lipinski definition) is 4. The minimum atomic E-state index is -0.928. The number of aliphatic hydroxyl groups is 1. The summed E-state index contributed by atoms with van der Waals surface area (Å²) in [6.45, 7) is 3.48. The Morgan fingerprint density at radius 2 is 1.72 bits per heavy atom. The van der Waals surface area contributed by atoms with Gasteiger partial charge in [-0.05, 0) is 104 Å². The highest BCUT2D eigenvalue weighted by Gasteiger charge is 2.29. The Kier molecular flexibility index (Phi) is 5.28. The number of nitrogens with zero attached hydrogens (tertiary/aromatic N) is 1. The zero-order valence-electron chi connectivity index (χ0n) is 16.8. The van der Waals surface area contributed by atoms with E-state index >= 15 is 0 Å². The van der Waals surface area contributed by atoms with E-state index in [2.05, 4.69) is 16.1 Å². The summed E-state index contributed by atoms with van der Waals surface area (Å²) in [5.41, 5.74) is 6.21. The fourth-order valence-electron chi connectivity index (χ4n) is 4.43. The van der Waals surface area contributed by atoms with Crippen LogP contribution in [-0.4, -0.2) is 11.1 Å². The Balaban J connectivity index is 1.53. The Morgan fingerprint density at radius 1 is 1.10 bits per heavy atom. The van der Waals surface area contributed by atoms with E-state index in [4.69, 9.17) is 0 Å². The standard InChI is InChI=1S/C23H25N3O2S/c1-23(2,28)14-6-3-7-15(12-14)29-26-22(27)25-21-18-10-4-8-16(18)20(13-24)17-9-5-11-19(17)21/h3,6-7,12,28H,4-5,8-11H2,1-2H3,(H2,25,26,27). The minimum absolute atomic E-state index is 0.267. The number of urea groups is 1. The Morgan fingerprint density at radius 3 is 2.31 bits per heavy atom. The normalized spacial score (nSPS) is 14.8. The second-order valence-electron chi connectivity index (χ2n) is 8.23. The number of carbonyl (C=O) groups excluding carboxylic acids is 1. The third kappa shape index (κ3) is 3.85. The smallest absolute Gasteiger partial charge is 0.329 e. The van der Waals surface area contributed by atoms with Crippen molar-refractivity contribution < 1.29 is 9.90 Å². The molecule has 0 fully saturated rings. The fourth-order valence-corrected chi connectivity index (χ4v) is 5.02. The molecule has 150 valence electrons. The number of carbonyl (C=O) groups is 1. The van der Waals surface area contributed by atoms with Crippen LogP contribution in [0.1, 0.15) is 60.1 Å². The van der Waals surface area contributed by atoms with Crippen LogP contribution in [0, 0.1) is 11.3 Å². The van der Waals surface area contributed by atoms with Gasteiger partial charge < -0.3 is 10.4 Å². The molecule has 0 saturated heterocycles. The van der Waals surface area contributed by atoms with E-state index in [1.807, 2.05) is 24.3 Å². The predicted molar refractivity (Wildman–Crippen MR) is 115 cm³/mol. The lowest BCUT2D eigenvalue weighted by Crippen LogP contribution is -2.24. The molecule has 5 nitrogen and oxygen atoms in total. The van der Waals surface area contributed by atoms with Crippen LogP contribution in [0.2, 0.25) is 0 Å². The number of hydrogen-bond donors (Lipinski definition) is 3. The molecule has 0 spiro atoms. The van der Waals surface area contributed by atoms with Crippen LogP contribution in [0.5, 0.6) is 0 Å². The summed E-state index contributed by atoms with van der Waals surface area (Å²) < 4.78 is 2.86. The van der Waals surface area contributed by atoms with Crippen LogP contribution < -0.4 is 10.0 Å². The first kappa shape index (κ1) is 19.8. The third-order valence-electron chi connectivity index (χ3n) is 5.80. The summed E-state index contributed by atoms with van der Waals surface area (Å²) in [5, 5.41) is 22.9. The summed E-state index contributed by atoms with van der Waals surface area (Å²) in [6, 6.07) is 9.67. The molecule has 0 unspecified atom stereocenters. The lowest BCUT2D eigenvalue weighted by Gasteiger charge is -2.19. The molecule has 0 saturated carbocycles. The SMILES string of the molecule is CC(C)(O)c1cccc(SNC(=O)Nc2c3c(c(C#N)c4c2CCC4)CCC3)c1. The van der Waals surface area contributed by atoms with Crippen molar-refractivity contribution in [3.8, 4) is 6.07 Å². The molecular weight excluding hydrogens is 382 g/mol. The van der Waals surface area contributed by atoms with Crippen LogP contribution in [0.25, 0.3) is 0 Å². The summed E-state index contributed by atoms with van der Waals surface area (Å²) in [6.07, 6.45) is 5.71. The van der Waals surface area contributed by atoms with E-state index in [9.17, 15) is 15.2 Å². The highest BCUT2D eigenvalue weighted by Crippen LogP contribution is 2.41. The molecule has 0 heterocycles. The lowest BCUT2D eigenvalue weighted by atomic mass is 9.93. The van der Waals surface area contributed by atoms with E-state index in [0.29, 0.717) is 0 Å². The zero-order valence-corrected chi connectivity index (χ0v) is 17.6. The largest absolute Gasteiger partial charge is 0.386 e. The first-order valence-electron chi connectivity index (χ1n) is 10.0. The van der Waals surface area contributed by atoms with E-state index in [-0.39, 0.29) is 6.03 Å². The maximum absolute atomic E-state index is 12.7. The number of rotatable bonds is 4. The lowest BCUT2D eigenvalue weighted by molar-refractivity contribution is 0.0784. The summed E-state index contributed by atoms with van der Waals surface area (Å²) in [7, 11) is 0. The second-order valence-corrected chi connectivity index (χ2v) is 9.11. The second kappa shape index (κ2) is 7.74. The van der Waals surface area contributed by atoms with Crippen molar-refractivity contribution in [2.24, 2.45) is 0 Å². The molecule has 0 aromatic heterocycles. The molecule has 6 heteroatoms. The summed E-state index contributed by atoms with van der Waals surface area (Å²) in [5.74, 6) is 0. The number of amides is 2. The van der Waals surface area contributed by atoms with Crippen molar-refractivity contribution in [1.29, 1.82) is 5.26 Å². The van der Waals surface area contributed by atoms with Gasteiger partial charge in [0.05, 0.1) is 17.2 Å². The molecule has 2 aromatic carbocycles. The van der Waals surface area contributed by atoms with Crippen LogP contribution >= 0.6 is 11.9 Å². The number of benzene rings is 2. The molecule has 3 N–H and O–H groups in total. The van der Waals surface area contributed by atoms with Gasteiger partial charge in [0.1, 0.15) is 0 Å². The maximum atomic E-state index is 12.7. The van der Waals surface area contributed by atoms with Gasteiger partial charge in [0.25, 0.3) is 0 Å². The Bertz CT molecular complexity index is 983. The molecule has 2 aliphatic carbocycles. The van der Waals surface area contributed by atoms with Gasteiger partial charge in [-0.3, -0.25) is 4.72 Å².